The fourth-order valence-electron chi connectivity index (χ4n) is 8.39. The average Bonchev–Trinajstić information content (AvgIpc) is 3.31. The van der Waals surface area contributed by atoms with E-state index in [1.54, 1.807) is 0 Å². The Labute approximate surface area is 340 Å². The van der Waals surface area contributed by atoms with Gasteiger partial charge in [0.15, 0.2) is 0 Å². The second kappa shape index (κ2) is 15.5. The Bertz CT molecular complexity index is 2810. The molecule has 0 spiro atoms. The topological polar surface area (TPSA) is 6.48 Å². The van der Waals surface area contributed by atoms with E-state index >= 15 is 0 Å². The Morgan fingerprint density at radius 1 is 0.328 bits per heavy atom. The van der Waals surface area contributed by atoms with Gasteiger partial charge in [-0.05, 0) is 81.9 Å². The van der Waals surface area contributed by atoms with E-state index in [0.29, 0.717) is 0 Å². The first-order chi connectivity index (χ1) is 28.8. The van der Waals surface area contributed by atoms with Crippen molar-refractivity contribution in [1.82, 2.24) is 0 Å². The van der Waals surface area contributed by atoms with Crippen LogP contribution in [0.5, 0.6) is 0 Å². The molecule has 2 nitrogen and oxygen atoms in total. The van der Waals surface area contributed by atoms with Crippen molar-refractivity contribution in [1.29, 1.82) is 0 Å². The van der Waals surface area contributed by atoms with Gasteiger partial charge in [-0.3, -0.25) is 0 Å². The first kappa shape index (κ1) is 34.8. The molecular weight excluding hydrogens is 701 g/mol. The molecule has 10 rings (SSSR count). The lowest BCUT2D eigenvalue weighted by Gasteiger charge is -2.37. The summed E-state index contributed by atoms with van der Waals surface area (Å²) in [6.45, 7) is 0. The van der Waals surface area contributed by atoms with Gasteiger partial charge in [0.2, 0.25) is 0 Å². The molecule has 0 aliphatic carbocycles. The van der Waals surface area contributed by atoms with Gasteiger partial charge in [0, 0.05) is 39.3 Å². The van der Waals surface area contributed by atoms with Crippen LogP contribution in [0.1, 0.15) is 22.3 Å². The van der Waals surface area contributed by atoms with Gasteiger partial charge < -0.3 is 9.80 Å². The van der Waals surface area contributed by atoms with Crippen LogP contribution in [0.3, 0.4) is 0 Å². The highest BCUT2D eigenvalue weighted by molar-refractivity contribution is 6.13. The maximum absolute atomic E-state index is 2.44. The molecule has 0 atom stereocenters. The lowest BCUT2D eigenvalue weighted by molar-refractivity contribution is 1.22. The van der Waals surface area contributed by atoms with Crippen LogP contribution in [0.25, 0.3) is 33.4 Å². The van der Waals surface area contributed by atoms with Crippen LogP contribution in [0.4, 0.5) is 34.1 Å². The van der Waals surface area contributed by atoms with Crippen LogP contribution >= 0.6 is 0 Å². The second-order valence-electron chi connectivity index (χ2n) is 14.5. The summed E-state index contributed by atoms with van der Waals surface area (Å²) in [5, 5.41) is 0. The first-order valence-electron chi connectivity index (χ1n) is 19.9. The zero-order chi connectivity index (χ0) is 38.7. The Morgan fingerprint density at radius 3 is 1.43 bits per heavy atom. The number of benzene rings is 9. The van der Waals surface area contributed by atoms with E-state index in [2.05, 4.69) is 252 Å². The zero-order valence-electron chi connectivity index (χ0n) is 32.0. The summed E-state index contributed by atoms with van der Waals surface area (Å²) in [4.78, 5) is 4.85. The van der Waals surface area contributed by atoms with Crippen LogP contribution < -0.4 is 9.80 Å². The minimum absolute atomic E-state index is 1.07. The molecule has 1 aliphatic heterocycles. The number of rotatable bonds is 8. The number of fused-ring (bicyclic) bond motifs is 2. The van der Waals surface area contributed by atoms with E-state index in [4.69, 9.17) is 0 Å². The van der Waals surface area contributed by atoms with Crippen molar-refractivity contribution < 1.29 is 0 Å². The predicted octanol–water partition coefficient (Wildman–Crippen LogP) is 15.3. The molecule has 0 saturated heterocycles. The standard InChI is InChI=1S/C56H40N2/c1-6-20-41(21-7-1)42-34-36-47(37-35-42)57(52-32-18-16-30-49(52)43-22-8-2-9-23-43)48-38-39-51-54(40-48)58(46-28-14-5-15-29-46)53-33-19-17-31-50(53)56(51)55(44-24-10-3-11-25-44)45-26-12-4-13-27-45/h1-40H. The highest BCUT2D eigenvalue weighted by Crippen LogP contribution is 2.54. The monoisotopic (exact) mass is 740 g/mol. The number of anilines is 6. The van der Waals surface area contributed by atoms with Crippen LogP contribution in [0.2, 0.25) is 0 Å². The summed E-state index contributed by atoms with van der Waals surface area (Å²) < 4.78 is 0. The van der Waals surface area contributed by atoms with Gasteiger partial charge in [-0.15, -0.1) is 0 Å². The lowest BCUT2D eigenvalue weighted by Crippen LogP contribution is -2.20. The van der Waals surface area contributed by atoms with Crippen LogP contribution in [0.15, 0.2) is 243 Å². The molecule has 0 bridgehead atoms. The predicted molar refractivity (Wildman–Crippen MR) is 245 cm³/mol. The molecule has 0 fully saturated rings. The van der Waals surface area contributed by atoms with Gasteiger partial charge in [0.1, 0.15) is 0 Å². The van der Waals surface area contributed by atoms with E-state index in [1.807, 2.05) is 0 Å². The summed E-state index contributed by atoms with van der Waals surface area (Å²) in [6.07, 6.45) is 0. The number of para-hydroxylation sites is 3. The maximum Gasteiger partial charge on any atom is 0.0561 e. The van der Waals surface area contributed by atoms with E-state index in [0.717, 1.165) is 39.7 Å². The molecule has 0 amide bonds. The SMILES string of the molecule is c1ccc(C(=C2c3ccccc3N(c3ccccc3)c3cc(N(c4ccc(-c5ccccc5)cc4)c4ccccc4-c4ccccc4)ccc32)c2ccccc2)cc1. The van der Waals surface area contributed by atoms with Gasteiger partial charge in [-0.2, -0.15) is 0 Å². The Balaban J connectivity index is 1.25. The molecule has 274 valence electrons. The lowest BCUT2D eigenvalue weighted by atomic mass is 9.81. The summed E-state index contributed by atoms with van der Waals surface area (Å²) >= 11 is 0. The summed E-state index contributed by atoms with van der Waals surface area (Å²) in [6, 6.07) is 87.4. The third-order valence-electron chi connectivity index (χ3n) is 11.0. The molecule has 58 heavy (non-hydrogen) atoms. The average molecular weight is 741 g/mol. The molecule has 0 unspecified atom stereocenters. The molecule has 0 aromatic heterocycles. The van der Waals surface area contributed by atoms with Crippen molar-refractivity contribution in [3.63, 3.8) is 0 Å². The number of hydrogen-bond donors (Lipinski definition) is 0. The minimum Gasteiger partial charge on any atom is -0.310 e. The van der Waals surface area contributed by atoms with Crippen LogP contribution in [-0.2, 0) is 0 Å². The van der Waals surface area contributed by atoms with Gasteiger partial charge in [0.25, 0.3) is 0 Å². The fourth-order valence-corrected chi connectivity index (χ4v) is 8.39. The molecule has 2 heteroatoms. The van der Waals surface area contributed by atoms with Gasteiger partial charge in [0.05, 0.1) is 17.1 Å². The van der Waals surface area contributed by atoms with E-state index in [1.165, 1.54) is 50.1 Å². The van der Waals surface area contributed by atoms with Crippen LogP contribution in [0, 0.1) is 0 Å². The molecule has 1 aliphatic rings. The van der Waals surface area contributed by atoms with Crippen LogP contribution in [-0.4, -0.2) is 0 Å². The maximum atomic E-state index is 2.44. The van der Waals surface area contributed by atoms with Crippen molar-refractivity contribution in [3.8, 4) is 22.3 Å². The highest BCUT2D eigenvalue weighted by Gasteiger charge is 2.31. The smallest absolute Gasteiger partial charge is 0.0561 e. The van der Waals surface area contributed by atoms with Crippen molar-refractivity contribution >= 4 is 45.3 Å². The molecule has 9 aromatic carbocycles. The fraction of sp³-hybridized carbons (Fsp3) is 0. The Morgan fingerprint density at radius 2 is 0.793 bits per heavy atom. The largest absolute Gasteiger partial charge is 0.310 e. The van der Waals surface area contributed by atoms with E-state index in [9.17, 15) is 0 Å². The van der Waals surface area contributed by atoms with Gasteiger partial charge in [-0.1, -0.05) is 194 Å². The minimum atomic E-state index is 1.07. The molecular formula is C56H40N2. The molecule has 0 radical (unpaired) electrons. The Hall–Kier alpha value is -7.68. The highest BCUT2D eigenvalue weighted by atomic mass is 15.2. The number of hydrogen-bond acceptors (Lipinski definition) is 2. The van der Waals surface area contributed by atoms with Crippen molar-refractivity contribution in [2.75, 3.05) is 9.80 Å². The van der Waals surface area contributed by atoms with E-state index < -0.39 is 0 Å². The van der Waals surface area contributed by atoms with Gasteiger partial charge in [-0.25, -0.2) is 0 Å². The molecule has 0 N–H and O–H groups in total. The Kier molecular flexibility index (Phi) is 9.27. The normalized spacial score (nSPS) is 11.7. The number of nitrogens with zero attached hydrogens (tertiary/aromatic N) is 2. The molecule has 1 heterocycles. The summed E-state index contributed by atoms with van der Waals surface area (Å²) in [5.74, 6) is 0. The summed E-state index contributed by atoms with van der Waals surface area (Å²) in [5.41, 5.74) is 18.5. The first-order valence-corrected chi connectivity index (χ1v) is 19.9. The molecule has 9 aromatic rings. The summed E-state index contributed by atoms with van der Waals surface area (Å²) in [7, 11) is 0. The van der Waals surface area contributed by atoms with Crippen molar-refractivity contribution in [2.24, 2.45) is 0 Å². The second-order valence-corrected chi connectivity index (χ2v) is 14.5. The van der Waals surface area contributed by atoms with Crippen molar-refractivity contribution in [3.05, 3.63) is 265 Å². The zero-order valence-corrected chi connectivity index (χ0v) is 32.0. The molecule has 0 saturated carbocycles. The third-order valence-corrected chi connectivity index (χ3v) is 11.0. The third kappa shape index (κ3) is 6.47. The quantitative estimate of drug-likeness (QED) is 0.153. The van der Waals surface area contributed by atoms with E-state index in [-0.39, 0.29) is 0 Å². The van der Waals surface area contributed by atoms with Crippen molar-refractivity contribution in [2.45, 2.75) is 0 Å². The van der Waals surface area contributed by atoms with Gasteiger partial charge >= 0.3 is 0 Å².